The number of amides is 1. The van der Waals surface area contributed by atoms with E-state index in [9.17, 15) is 18.0 Å². The van der Waals surface area contributed by atoms with Crippen LogP contribution < -0.4 is 5.32 Å². The second kappa shape index (κ2) is 7.71. The number of aromatic nitrogens is 4. The SMILES string of the molecule is CC(=O)Nc1cc(-c2nc(-c3ccc(C(F)(F)F)cc3)c(-c3ncc[nH]3)s2)ccn1. The van der Waals surface area contributed by atoms with E-state index in [2.05, 4.69) is 25.3 Å². The second-order valence-corrected chi connectivity index (χ2v) is 7.32. The van der Waals surface area contributed by atoms with Crippen LogP contribution in [0.25, 0.3) is 32.5 Å². The quantitative estimate of drug-likeness (QED) is 0.465. The molecule has 2 N–H and O–H groups in total. The molecule has 0 aliphatic carbocycles. The molecule has 152 valence electrons. The summed E-state index contributed by atoms with van der Waals surface area (Å²) in [6.07, 6.45) is 0.387. The average Bonchev–Trinajstić information content (AvgIpc) is 3.37. The predicted octanol–water partition coefficient (Wildman–Crippen LogP) is 5.24. The molecular weight excluding hydrogens is 415 g/mol. The van der Waals surface area contributed by atoms with Crippen LogP contribution in [0.15, 0.2) is 55.0 Å². The molecule has 0 bridgehead atoms. The number of carbonyl (C=O) groups excluding carboxylic acids is 1. The molecule has 0 spiro atoms. The maximum Gasteiger partial charge on any atom is 0.416 e. The number of aromatic amines is 1. The normalized spacial score (nSPS) is 11.5. The smallest absolute Gasteiger partial charge is 0.344 e. The van der Waals surface area contributed by atoms with Crippen LogP contribution in [0.2, 0.25) is 0 Å². The zero-order valence-electron chi connectivity index (χ0n) is 15.5. The minimum atomic E-state index is -4.41. The van der Waals surface area contributed by atoms with Gasteiger partial charge in [-0.25, -0.2) is 15.0 Å². The lowest BCUT2D eigenvalue weighted by molar-refractivity contribution is -0.137. The van der Waals surface area contributed by atoms with Crippen LogP contribution in [-0.2, 0) is 11.0 Å². The Morgan fingerprint density at radius 3 is 2.47 bits per heavy atom. The number of carbonyl (C=O) groups is 1. The van der Waals surface area contributed by atoms with Gasteiger partial charge in [0.15, 0.2) is 0 Å². The maximum absolute atomic E-state index is 12.9. The summed E-state index contributed by atoms with van der Waals surface area (Å²) >= 11 is 1.33. The first-order valence-corrected chi connectivity index (χ1v) is 9.55. The zero-order chi connectivity index (χ0) is 21.3. The summed E-state index contributed by atoms with van der Waals surface area (Å²) in [6.45, 7) is 1.38. The summed E-state index contributed by atoms with van der Waals surface area (Å²) in [7, 11) is 0. The van der Waals surface area contributed by atoms with E-state index in [0.29, 0.717) is 38.3 Å². The predicted molar refractivity (Wildman–Crippen MR) is 108 cm³/mol. The fourth-order valence-corrected chi connectivity index (χ4v) is 3.86. The topological polar surface area (TPSA) is 83.6 Å². The molecule has 0 unspecified atom stereocenters. The van der Waals surface area contributed by atoms with Gasteiger partial charge >= 0.3 is 6.18 Å². The summed E-state index contributed by atoms with van der Waals surface area (Å²) in [5.41, 5.74) is 1.03. The van der Waals surface area contributed by atoms with Crippen molar-refractivity contribution in [1.82, 2.24) is 19.9 Å². The van der Waals surface area contributed by atoms with E-state index in [1.807, 2.05) is 0 Å². The number of rotatable bonds is 4. The molecule has 10 heteroatoms. The van der Waals surface area contributed by atoms with Crippen LogP contribution in [0, 0.1) is 0 Å². The van der Waals surface area contributed by atoms with E-state index in [1.54, 1.807) is 30.7 Å². The van der Waals surface area contributed by atoms with E-state index >= 15 is 0 Å². The van der Waals surface area contributed by atoms with Gasteiger partial charge in [0.1, 0.15) is 16.6 Å². The van der Waals surface area contributed by atoms with Crippen LogP contribution in [0.4, 0.5) is 19.0 Å². The van der Waals surface area contributed by atoms with E-state index < -0.39 is 11.7 Å². The number of hydrogen-bond acceptors (Lipinski definition) is 5. The van der Waals surface area contributed by atoms with Crippen molar-refractivity contribution in [2.24, 2.45) is 0 Å². The number of halogens is 3. The molecule has 0 saturated carbocycles. The number of hydrogen-bond donors (Lipinski definition) is 2. The molecule has 1 amide bonds. The Hall–Kier alpha value is -3.53. The number of anilines is 1. The Morgan fingerprint density at radius 2 is 1.83 bits per heavy atom. The van der Waals surface area contributed by atoms with E-state index in [-0.39, 0.29) is 5.91 Å². The Labute approximate surface area is 172 Å². The minimum absolute atomic E-state index is 0.250. The van der Waals surface area contributed by atoms with Crippen molar-refractivity contribution in [3.05, 3.63) is 60.6 Å². The lowest BCUT2D eigenvalue weighted by Crippen LogP contribution is -2.07. The van der Waals surface area contributed by atoms with Gasteiger partial charge in [0.05, 0.1) is 16.1 Å². The highest BCUT2D eigenvalue weighted by Gasteiger charge is 2.30. The van der Waals surface area contributed by atoms with Crippen molar-refractivity contribution < 1.29 is 18.0 Å². The molecule has 3 heterocycles. The van der Waals surface area contributed by atoms with Gasteiger partial charge in [-0.15, -0.1) is 11.3 Å². The maximum atomic E-state index is 12.9. The van der Waals surface area contributed by atoms with Gasteiger partial charge in [0.25, 0.3) is 0 Å². The van der Waals surface area contributed by atoms with Crippen LogP contribution in [-0.4, -0.2) is 25.8 Å². The summed E-state index contributed by atoms with van der Waals surface area (Å²) < 4.78 is 38.7. The highest BCUT2D eigenvalue weighted by Crippen LogP contribution is 2.40. The first-order valence-electron chi connectivity index (χ1n) is 8.73. The Kier molecular flexibility index (Phi) is 5.08. The van der Waals surface area contributed by atoms with Crippen molar-refractivity contribution >= 4 is 23.1 Å². The molecule has 0 atom stereocenters. The standard InChI is InChI=1S/C20H14F3N5OS/c1-11(29)27-15-10-13(6-7-24-15)19-28-16(17(30-19)18-25-8-9-26-18)12-2-4-14(5-3-12)20(21,22)23/h2-10H,1H3,(H,25,26)(H,24,27,29). The van der Waals surface area contributed by atoms with E-state index in [0.717, 1.165) is 12.1 Å². The fraction of sp³-hybridized carbons (Fsp3) is 0.100. The third kappa shape index (κ3) is 4.08. The Bertz CT molecular complexity index is 1180. The summed E-state index contributed by atoms with van der Waals surface area (Å²) in [6, 6.07) is 8.27. The van der Waals surface area contributed by atoms with Gasteiger partial charge in [0.2, 0.25) is 5.91 Å². The highest BCUT2D eigenvalue weighted by molar-refractivity contribution is 7.18. The van der Waals surface area contributed by atoms with Crippen LogP contribution in [0.5, 0.6) is 0 Å². The molecule has 4 aromatic rings. The largest absolute Gasteiger partial charge is 0.416 e. The van der Waals surface area contributed by atoms with Gasteiger partial charge in [-0.2, -0.15) is 13.2 Å². The van der Waals surface area contributed by atoms with E-state index in [1.165, 1.54) is 30.4 Å². The molecule has 0 radical (unpaired) electrons. The van der Waals surface area contributed by atoms with Crippen molar-refractivity contribution in [3.8, 4) is 32.5 Å². The molecule has 0 aliphatic heterocycles. The number of thiazole rings is 1. The zero-order valence-corrected chi connectivity index (χ0v) is 16.3. The molecule has 0 aliphatic rings. The van der Waals surface area contributed by atoms with Crippen molar-refractivity contribution in [2.75, 3.05) is 5.32 Å². The molecule has 1 aromatic carbocycles. The molecule has 3 aromatic heterocycles. The van der Waals surface area contributed by atoms with Gasteiger partial charge in [-0.1, -0.05) is 12.1 Å². The number of imidazole rings is 1. The lowest BCUT2D eigenvalue weighted by Gasteiger charge is -2.07. The van der Waals surface area contributed by atoms with Gasteiger partial charge in [-0.3, -0.25) is 4.79 Å². The first-order chi connectivity index (χ1) is 14.3. The Morgan fingerprint density at radius 1 is 1.07 bits per heavy atom. The number of benzene rings is 1. The molecule has 30 heavy (non-hydrogen) atoms. The first kappa shape index (κ1) is 19.8. The van der Waals surface area contributed by atoms with Crippen molar-refractivity contribution in [2.45, 2.75) is 13.1 Å². The fourth-order valence-electron chi connectivity index (χ4n) is 2.82. The van der Waals surface area contributed by atoms with Crippen LogP contribution >= 0.6 is 11.3 Å². The van der Waals surface area contributed by atoms with Gasteiger partial charge in [0, 0.05) is 36.6 Å². The summed E-state index contributed by atoms with van der Waals surface area (Å²) in [5, 5.41) is 3.23. The minimum Gasteiger partial charge on any atom is -0.344 e. The Balaban J connectivity index is 1.80. The number of nitrogens with zero attached hydrogens (tertiary/aromatic N) is 3. The second-order valence-electron chi connectivity index (χ2n) is 6.32. The van der Waals surface area contributed by atoms with Crippen molar-refractivity contribution in [1.29, 1.82) is 0 Å². The third-order valence-electron chi connectivity index (χ3n) is 4.14. The molecule has 6 nitrogen and oxygen atoms in total. The number of pyridine rings is 1. The average molecular weight is 429 g/mol. The molecular formula is C20H14F3N5OS. The van der Waals surface area contributed by atoms with Crippen molar-refractivity contribution in [3.63, 3.8) is 0 Å². The summed E-state index contributed by atoms with van der Waals surface area (Å²) in [4.78, 5) is 28.0. The van der Waals surface area contributed by atoms with Gasteiger partial charge < -0.3 is 10.3 Å². The lowest BCUT2D eigenvalue weighted by atomic mass is 10.1. The number of H-pyrrole nitrogens is 1. The number of nitrogens with one attached hydrogen (secondary N) is 2. The van der Waals surface area contributed by atoms with E-state index in [4.69, 9.17) is 0 Å². The number of alkyl halides is 3. The highest BCUT2D eigenvalue weighted by atomic mass is 32.1. The molecule has 0 saturated heterocycles. The molecule has 0 fully saturated rings. The van der Waals surface area contributed by atoms with Gasteiger partial charge in [-0.05, 0) is 24.3 Å². The monoisotopic (exact) mass is 429 g/mol. The van der Waals surface area contributed by atoms with Crippen LogP contribution in [0.1, 0.15) is 12.5 Å². The molecule has 4 rings (SSSR count). The van der Waals surface area contributed by atoms with Crippen LogP contribution in [0.3, 0.4) is 0 Å². The third-order valence-corrected chi connectivity index (χ3v) is 5.25. The summed E-state index contributed by atoms with van der Waals surface area (Å²) in [5.74, 6) is 0.691.